The molecule has 7 nitrogen and oxygen atoms in total. The van der Waals surface area contributed by atoms with Gasteiger partial charge in [0.05, 0.1) is 26.4 Å². The van der Waals surface area contributed by atoms with E-state index in [0.29, 0.717) is 43.4 Å². The molecule has 0 atom stereocenters. The third kappa shape index (κ3) is 8.20. The van der Waals surface area contributed by atoms with E-state index in [-0.39, 0.29) is 18.4 Å². The molecule has 0 aliphatic rings. The fourth-order valence-corrected chi connectivity index (χ4v) is 2.80. The Hall–Kier alpha value is -3.22. The Bertz CT molecular complexity index is 854. The van der Waals surface area contributed by atoms with Crippen molar-refractivity contribution in [1.82, 2.24) is 10.6 Å². The Balaban J connectivity index is 1.84. The van der Waals surface area contributed by atoms with Crippen LogP contribution in [0.5, 0.6) is 17.2 Å². The minimum absolute atomic E-state index is 0.122. The lowest BCUT2D eigenvalue weighted by Gasteiger charge is -2.12. The number of amides is 2. The summed E-state index contributed by atoms with van der Waals surface area (Å²) in [6, 6.07) is 12.6. The van der Waals surface area contributed by atoms with Gasteiger partial charge in [0.1, 0.15) is 5.75 Å². The van der Waals surface area contributed by atoms with Gasteiger partial charge in [0.2, 0.25) is 5.91 Å². The average molecular weight is 429 g/mol. The lowest BCUT2D eigenvalue weighted by Crippen LogP contribution is -2.36. The predicted molar refractivity (Wildman–Crippen MR) is 120 cm³/mol. The summed E-state index contributed by atoms with van der Waals surface area (Å²) in [5, 5.41) is 5.43. The zero-order valence-corrected chi connectivity index (χ0v) is 18.5. The third-order valence-electron chi connectivity index (χ3n) is 4.37. The lowest BCUT2D eigenvalue weighted by atomic mass is 10.2. The monoisotopic (exact) mass is 428 g/mol. The van der Waals surface area contributed by atoms with E-state index >= 15 is 0 Å². The van der Waals surface area contributed by atoms with Crippen LogP contribution in [0, 0.1) is 0 Å². The Labute approximate surface area is 184 Å². The quantitative estimate of drug-likeness (QED) is 0.475. The molecule has 7 heteroatoms. The summed E-state index contributed by atoms with van der Waals surface area (Å²) in [5.41, 5.74) is 1.33. The summed E-state index contributed by atoms with van der Waals surface area (Å²) >= 11 is 0. The zero-order valence-electron chi connectivity index (χ0n) is 18.5. The molecule has 2 N–H and O–H groups in total. The molecular weight excluding hydrogens is 396 g/mol. The van der Waals surface area contributed by atoms with Crippen molar-refractivity contribution < 1.29 is 23.8 Å². The van der Waals surface area contributed by atoms with Gasteiger partial charge in [-0.05, 0) is 56.2 Å². The van der Waals surface area contributed by atoms with Gasteiger partial charge in [0, 0.05) is 12.1 Å². The van der Waals surface area contributed by atoms with Gasteiger partial charge in [-0.3, -0.25) is 9.59 Å². The van der Waals surface area contributed by atoms with Gasteiger partial charge in [-0.25, -0.2) is 0 Å². The van der Waals surface area contributed by atoms with Crippen molar-refractivity contribution in [1.29, 1.82) is 0 Å². The van der Waals surface area contributed by atoms with E-state index in [9.17, 15) is 9.59 Å². The molecule has 0 aromatic heterocycles. The molecule has 0 radical (unpaired) electrons. The molecule has 2 aromatic rings. The number of rotatable bonds is 13. The lowest BCUT2D eigenvalue weighted by molar-refractivity contribution is -0.120. The predicted octanol–water partition coefficient (Wildman–Crippen LogP) is 3.71. The summed E-state index contributed by atoms with van der Waals surface area (Å²) in [6.45, 7) is 7.72. The minimum atomic E-state index is -0.356. The highest BCUT2D eigenvalue weighted by Gasteiger charge is 2.12. The molecule has 0 heterocycles. The zero-order chi connectivity index (χ0) is 22.5. The molecule has 0 fully saturated rings. The van der Waals surface area contributed by atoms with Crippen molar-refractivity contribution in [2.24, 2.45) is 0 Å². The van der Waals surface area contributed by atoms with Gasteiger partial charge in [0.25, 0.3) is 5.91 Å². The number of benzene rings is 2. The SMILES string of the molecule is CCCCOc1cccc(CNC(=O)CNC(=O)c2ccc(OCC)c(OCC)c2)c1. The van der Waals surface area contributed by atoms with Crippen molar-refractivity contribution >= 4 is 11.8 Å². The summed E-state index contributed by atoms with van der Waals surface area (Å²) < 4.78 is 16.7. The second-order valence-electron chi connectivity index (χ2n) is 6.84. The van der Waals surface area contributed by atoms with E-state index in [2.05, 4.69) is 17.6 Å². The van der Waals surface area contributed by atoms with Crippen LogP contribution < -0.4 is 24.8 Å². The first-order valence-electron chi connectivity index (χ1n) is 10.7. The van der Waals surface area contributed by atoms with Crippen LogP contribution >= 0.6 is 0 Å². The van der Waals surface area contributed by atoms with Crippen LogP contribution in [0.1, 0.15) is 49.5 Å². The number of nitrogens with one attached hydrogen (secondary N) is 2. The third-order valence-corrected chi connectivity index (χ3v) is 4.37. The molecule has 2 rings (SSSR count). The number of unbranched alkanes of at least 4 members (excludes halogenated alkanes) is 1. The van der Waals surface area contributed by atoms with Crippen LogP contribution in [0.3, 0.4) is 0 Å². The van der Waals surface area contributed by atoms with Crippen LogP contribution in [-0.2, 0) is 11.3 Å². The molecule has 2 amide bonds. The summed E-state index contributed by atoms with van der Waals surface area (Å²) in [4.78, 5) is 24.6. The molecule has 0 spiro atoms. The molecule has 2 aromatic carbocycles. The van der Waals surface area contributed by atoms with E-state index in [1.165, 1.54) is 0 Å². The van der Waals surface area contributed by atoms with E-state index in [4.69, 9.17) is 14.2 Å². The van der Waals surface area contributed by atoms with Crippen molar-refractivity contribution in [3.8, 4) is 17.2 Å². The van der Waals surface area contributed by atoms with Crippen LogP contribution in [-0.4, -0.2) is 38.2 Å². The minimum Gasteiger partial charge on any atom is -0.494 e. The normalized spacial score (nSPS) is 10.3. The molecule has 0 saturated carbocycles. The van der Waals surface area contributed by atoms with Gasteiger partial charge in [0.15, 0.2) is 11.5 Å². The first kappa shape index (κ1) is 24.1. The fraction of sp³-hybridized carbons (Fsp3) is 0.417. The maximum Gasteiger partial charge on any atom is 0.251 e. The summed E-state index contributed by atoms with van der Waals surface area (Å²) in [7, 11) is 0. The van der Waals surface area contributed by atoms with Gasteiger partial charge >= 0.3 is 0 Å². The van der Waals surface area contributed by atoms with Crippen LogP contribution in [0.25, 0.3) is 0 Å². The Morgan fingerprint density at radius 3 is 2.39 bits per heavy atom. The number of hydrogen-bond acceptors (Lipinski definition) is 5. The van der Waals surface area contributed by atoms with Gasteiger partial charge in [-0.1, -0.05) is 25.5 Å². The smallest absolute Gasteiger partial charge is 0.251 e. The largest absolute Gasteiger partial charge is 0.494 e. The molecule has 0 unspecified atom stereocenters. The van der Waals surface area contributed by atoms with Gasteiger partial charge in [-0.2, -0.15) is 0 Å². The highest BCUT2D eigenvalue weighted by Crippen LogP contribution is 2.28. The maximum atomic E-state index is 12.4. The maximum absolute atomic E-state index is 12.4. The molecule has 0 aliphatic carbocycles. The number of carbonyl (C=O) groups is 2. The molecular formula is C24H32N2O5. The molecule has 0 bridgehead atoms. The van der Waals surface area contributed by atoms with Crippen LogP contribution in [0.4, 0.5) is 0 Å². The highest BCUT2D eigenvalue weighted by atomic mass is 16.5. The number of carbonyl (C=O) groups excluding carboxylic acids is 2. The molecule has 0 saturated heterocycles. The van der Waals surface area contributed by atoms with Gasteiger partial charge in [-0.15, -0.1) is 0 Å². The first-order valence-corrected chi connectivity index (χ1v) is 10.7. The summed E-state index contributed by atoms with van der Waals surface area (Å²) in [5.74, 6) is 1.24. The molecule has 31 heavy (non-hydrogen) atoms. The van der Waals surface area contributed by atoms with E-state index in [1.54, 1.807) is 18.2 Å². The van der Waals surface area contributed by atoms with Gasteiger partial charge < -0.3 is 24.8 Å². The van der Waals surface area contributed by atoms with Crippen molar-refractivity contribution in [2.75, 3.05) is 26.4 Å². The van der Waals surface area contributed by atoms with Crippen LogP contribution in [0.15, 0.2) is 42.5 Å². The average Bonchev–Trinajstić information content (AvgIpc) is 2.78. The van der Waals surface area contributed by atoms with Crippen molar-refractivity contribution in [3.05, 3.63) is 53.6 Å². The van der Waals surface area contributed by atoms with Crippen LogP contribution in [0.2, 0.25) is 0 Å². The number of ether oxygens (including phenoxy) is 3. The van der Waals surface area contributed by atoms with E-state index < -0.39 is 0 Å². The number of hydrogen-bond donors (Lipinski definition) is 2. The van der Waals surface area contributed by atoms with Crippen molar-refractivity contribution in [3.63, 3.8) is 0 Å². The van der Waals surface area contributed by atoms with E-state index in [1.807, 2.05) is 38.1 Å². The van der Waals surface area contributed by atoms with E-state index in [0.717, 1.165) is 24.2 Å². The first-order chi connectivity index (χ1) is 15.1. The Kier molecular flexibility index (Phi) is 10.2. The molecule has 168 valence electrons. The second-order valence-corrected chi connectivity index (χ2v) is 6.84. The highest BCUT2D eigenvalue weighted by molar-refractivity contribution is 5.97. The Morgan fingerprint density at radius 1 is 0.871 bits per heavy atom. The Morgan fingerprint density at radius 2 is 1.65 bits per heavy atom. The standard InChI is InChI=1S/C24H32N2O5/c1-4-7-13-31-20-10-8-9-18(14-20)16-25-23(27)17-26-24(28)19-11-12-21(29-5-2)22(15-19)30-6-3/h8-12,14-15H,4-7,13,16-17H2,1-3H3,(H,25,27)(H,26,28). The topological polar surface area (TPSA) is 85.9 Å². The molecule has 0 aliphatic heterocycles. The fourth-order valence-electron chi connectivity index (χ4n) is 2.80. The summed E-state index contributed by atoms with van der Waals surface area (Å²) in [6.07, 6.45) is 2.08. The van der Waals surface area contributed by atoms with Crippen molar-refractivity contribution in [2.45, 2.75) is 40.2 Å². The second kappa shape index (κ2) is 13.2.